The average Bonchev–Trinajstić information content (AvgIpc) is 3.67. The zero-order chi connectivity index (χ0) is 28.1. The molecular weight excluding hydrogens is 504 g/mol. The number of aryl methyl sites for hydroxylation is 2. The van der Waals surface area contributed by atoms with E-state index < -0.39 is 24.8 Å². The number of anilines is 2. The van der Waals surface area contributed by atoms with Gasteiger partial charge in [-0.2, -0.15) is 5.10 Å². The first-order valence-corrected chi connectivity index (χ1v) is 12.9. The second kappa shape index (κ2) is 11.9. The summed E-state index contributed by atoms with van der Waals surface area (Å²) < 4.78 is 11.5. The minimum atomic E-state index is -0.872. The third-order valence-electron chi connectivity index (χ3n) is 6.33. The van der Waals surface area contributed by atoms with Crippen LogP contribution in [-0.4, -0.2) is 62.8 Å². The standard InChI is InChI=1S/C27H32N6O6/c1-5-7-22(34)38-15-39-27(37)33(19-10-11-19)26(36)20-13-32-23(17(20)4)24(29-14-30-32)31-21-12-18(9-8-16(21)3)25(35)28-6-2/h8-9,12-14,19H,5-7,10-11,15H2,1-4H3,(H,28,35)(H,29,30,31). The molecule has 206 valence electrons. The number of nitrogens with zero attached hydrogens (tertiary/aromatic N) is 4. The summed E-state index contributed by atoms with van der Waals surface area (Å²) in [5, 5.41) is 10.3. The largest absolute Gasteiger partial charge is 0.428 e. The molecular formula is C27H32N6O6. The second-order valence-electron chi connectivity index (χ2n) is 9.28. The third-order valence-corrected chi connectivity index (χ3v) is 6.33. The molecule has 1 saturated carbocycles. The van der Waals surface area contributed by atoms with Gasteiger partial charge in [0.2, 0.25) is 6.79 Å². The van der Waals surface area contributed by atoms with Crippen LogP contribution in [0.15, 0.2) is 30.7 Å². The summed E-state index contributed by atoms with van der Waals surface area (Å²) in [4.78, 5) is 55.7. The number of fused-ring (bicyclic) bond motifs is 1. The number of aromatic nitrogens is 3. The minimum Gasteiger partial charge on any atom is -0.428 e. The van der Waals surface area contributed by atoms with Crippen molar-refractivity contribution in [3.63, 3.8) is 0 Å². The summed E-state index contributed by atoms with van der Waals surface area (Å²) in [6.45, 7) is 7.29. The Morgan fingerprint density at radius 3 is 2.59 bits per heavy atom. The van der Waals surface area contributed by atoms with E-state index in [1.807, 2.05) is 26.8 Å². The van der Waals surface area contributed by atoms with Gasteiger partial charge in [0.1, 0.15) is 11.8 Å². The molecule has 1 aromatic carbocycles. The highest BCUT2D eigenvalue weighted by Gasteiger charge is 2.40. The number of hydrogen-bond acceptors (Lipinski definition) is 9. The monoisotopic (exact) mass is 536 g/mol. The van der Waals surface area contributed by atoms with Crippen molar-refractivity contribution in [1.82, 2.24) is 24.8 Å². The lowest BCUT2D eigenvalue weighted by atomic mass is 10.1. The van der Waals surface area contributed by atoms with Gasteiger partial charge in [0.05, 0.1) is 5.56 Å². The lowest BCUT2D eigenvalue weighted by molar-refractivity contribution is -0.152. The van der Waals surface area contributed by atoms with Gasteiger partial charge in [-0.05, 0) is 63.3 Å². The molecule has 3 aromatic rings. The molecule has 3 amide bonds. The summed E-state index contributed by atoms with van der Waals surface area (Å²) in [5.41, 5.74) is 3.43. The zero-order valence-electron chi connectivity index (χ0n) is 22.4. The normalized spacial score (nSPS) is 12.6. The molecule has 0 spiro atoms. The summed E-state index contributed by atoms with van der Waals surface area (Å²) in [5.74, 6) is -0.770. The molecule has 12 nitrogen and oxygen atoms in total. The summed E-state index contributed by atoms with van der Waals surface area (Å²) in [6.07, 6.45) is 4.18. The van der Waals surface area contributed by atoms with E-state index in [2.05, 4.69) is 20.7 Å². The highest BCUT2D eigenvalue weighted by atomic mass is 16.7. The molecule has 2 N–H and O–H groups in total. The maximum Gasteiger partial charge on any atom is 0.419 e. The Hall–Kier alpha value is -4.48. The second-order valence-corrected chi connectivity index (χ2v) is 9.28. The number of ether oxygens (including phenoxy) is 2. The Morgan fingerprint density at radius 2 is 1.90 bits per heavy atom. The van der Waals surface area contributed by atoms with Crippen LogP contribution in [0.5, 0.6) is 0 Å². The number of rotatable bonds is 10. The number of hydrogen-bond donors (Lipinski definition) is 2. The van der Waals surface area contributed by atoms with Crippen molar-refractivity contribution in [2.45, 2.75) is 59.4 Å². The fraction of sp³-hybridized carbons (Fsp3) is 0.407. The molecule has 1 aliphatic carbocycles. The summed E-state index contributed by atoms with van der Waals surface area (Å²) in [6, 6.07) is 5.03. The number of esters is 1. The van der Waals surface area contributed by atoms with Crippen molar-refractivity contribution >= 4 is 40.9 Å². The van der Waals surface area contributed by atoms with Gasteiger partial charge in [-0.25, -0.2) is 19.2 Å². The predicted molar refractivity (Wildman–Crippen MR) is 142 cm³/mol. The predicted octanol–water partition coefficient (Wildman–Crippen LogP) is 3.88. The van der Waals surface area contributed by atoms with Crippen LogP contribution < -0.4 is 10.6 Å². The Morgan fingerprint density at radius 1 is 1.13 bits per heavy atom. The summed E-state index contributed by atoms with van der Waals surface area (Å²) >= 11 is 0. The van der Waals surface area contributed by atoms with Crippen LogP contribution in [0.4, 0.5) is 16.3 Å². The number of carbonyl (C=O) groups excluding carboxylic acids is 4. The van der Waals surface area contributed by atoms with Crippen LogP contribution >= 0.6 is 0 Å². The van der Waals surface area contributed by atoms with E-state index >= 15 is 0 Å². The Balaban J connectivity index is 1.59. The molecule has 1 fully saturated rings. The smallest absolute Gasteiger partial charge is 0.419 e. The molecule has 0 saturated heterocycles. The topological polar surface area (TPSA) is 144 Å². The maximum absolute atomic E-state index is 13.6. The Bertz CT molecular complexity index is 1410. The highest BCUT2D eigenvalue weighted by Crippen LogP contribution is 2.32. The molecule has 39 heavy (non-hydrogen) atoms. The van der Waals surface area contributed by atoms with Gasteiger partial charge >= 0.3 is 12.1 Å². The molecule has 0 atom stereocenters. The molecule has 1 aliphatic rings. The van der Waals surface area contributed by atoms with E-state index in [1.165, 1.54) is 10.8 Å². The number of carbonyl (C=O) groups is 4. The van der Waals surface area contributed by atoms with Gasteiger partial charge in [0.15, 0.2) is 5.82 Å². The van der Waals surface area contributed by atoms with E-state index in [0.29, 0.717) is 54.0 Å². The maximum atomic E-state index is 13.6. The van der Waals surface area contributed by atoms with Gasteiger partial charge < -0.3 is 20.1 Å². The van der Waals surface area contributed by atoms with Crippen molar-refractivity contribution in [2.75, 3.05) is 18.7 Å². The van der Waals surface area contributed by atoms with Crippen molar-refractivity contribution in [3.8, 4) is 0 Å². The van der Waals surface area contributed by atoms with Crippen LogP contribution in [0.25, 0.3) is 5.52 Å². The lowest BCUT2D eigenvalue weighted by Gasteiger charge is -2.19. The number of benzene rings is 1. The van der Waals surface area contributed by atoms with Crippen LogP contribution in [0.3, 0.4) is 0 Å². The van der Waals surface area contributed by atoms with E-state index in [1.54, 1.807) is 25.3 Å². The lowest BCUT2D eigenvalue weighted by Crippen LogP contribution is -2.39. The Labute approximate surface area is 225 Å². The van der Waals surface area contributed by atoms with Crippen LogP contribution in [-0.2, 0) is 14.3 Å². The van der Waals surface area contributed by atoms with Crippen LogP contribution in [0.1, 0.15) is 71.4 Å². The van der Waals surface area contributed by atoms with Crippen LogP contribution in [0, 0.1) is 13.8 Å². The van der Waals surface area contributed by atoms with Gasteiger partial charge in [-0.3, -0.25) is 14.4 Å². The van der Waals surface area contributed by atoms with Gasteiger partial charge in [0.25, 0.3) is 11.8 Å². The number of amides is 3. The van der Waals surface area contributed by atoms with E-state index in [0.717, 1.165) is 10.5 Å². The highest BCUT2D eigenvalue weighted by molar-refractivity contribution is 6.06. The SMILES string of the molecule is CCCC(=O)OCOC(=O)N(C(=O)c1cn2ncnc(Nc3cc(C(=O)NCC)ccc3C)c2c1C)C1CC1. The molecule has 2 heterocycles. The van der Waals surface area contributed by atoms with Crippen molar-refractivity contribution in [2.24, 2.45) is 0 Å². The zero-order valence-corrected chi connectivity index (χ0v) is 22.4. The molecule has 0 unspecified atom stereocenters. The van der Waals surface area contributed by atoms with Crippen molar-refractivity contribution < 1.29 is 28.7 Å². The van der Waals surface area contributed by atoms with Crippen molar-refractivity contribution in [1.29, 1.82) is 0 Å². The third kappa shape index (κ3) is 6.16. The van der Waals surface area contributed by atoms with E-state index in [9.17, 15) is 19.2 Å². The quantitative estimate of drug-likeness (QED) is 0.291. The van der Waals surface area contributed by atoms with Gasteiger partial charge in [-0.1, -0.05) is 13.0 Å². The molecule has 2 aromatic heterocycles. The summed E-state index contributed by atoms with van der Waals surface area (Å²) in [7, 11) is 0. The number of nitrogens with one attached hydrogen (secondary N) is 2. The Kier molecular flexibility index (Phi) is 8.43. The van der Waals surface area contributed by atoms with Gasteiger partial charge in [0, 0.05) is 36.5 Å². The van der Waals surface area contributed by atoms with E-state index in [-0.39, 0.29) is 23.9 Å². The molecule has 0 radical (unpaired) electrons. The molecule has 12 heteroatoms. The van der Waals surface area contributed by atoms with Crippen molar-refractivity contribution in [3.05, 3.63) is 53.0 Å². The molecule has 0 bridgehead atoms. The average molecular weight is 537 g/mol. The molecule has 4 rings (SSSR count). The fourth-order valence-electron chi connectivity index (χ4n) is 4.11. The first-order valence-electron chi connectivity index (χ1n) is 12.9. The number of imide groups is 1. The van der Waals surface area contributed by atoms with E-state index in [4.69, 9.17) is 9.47 Å². The minimum absolute atomic E-state index is 0.188. The van der Waals surface area contributed by atoms with Gasteiger partial charge in [-0.15, -0.1) is 0 Å². The van der Waals surface area contributed by atoms with Crippen LogP contribution in [0.2, 0.25) is 0 Å². The first kappa shape index (κ1) is 27.6. The first-order chi connectivity index (χ1) is 18.7. The molecule has 0 aliphatic heterocycles. The fourth-order valence-corrected chi connectivity index (χ4v) is 4.11.